The number of nitrogens with two attached hydrogens (primary N) is 1. The third-order valence-corrected chi connectivity index (χ3v) is 4.27. The fourth-order valence-corrected chi connectivity index (χ4v) is 2.82. The number of carbonyl (C=O) groups excluding carboxylic acids is 1. The highest BCUT2D eigenvalue weighted by Gasteiger charge is 2.12. The second kappa shape index (κ2) is 6.21. The number of hydrogen-bond donors (Lipinski definition) is 2. The number of rotatable bonds is 6. The zero-order valence-electron chi connectivity index (χ0n) is 10.7. The van der Waals surface area contributed by atoms with Crippen molar-refractivity contribution in [2.24, 2.45) is 5.14 Å². The molecule has 108 valence electrons. The summed E-state index contributed by atoms with van der Waals surface area (Å²) in [5.74, 6) is -0.583. The van der Waals surface area contributed by atoms with Crippen molar-refractivity contribution in [1.82, 2.24) is 9.88 Å². The van der Waals surface area contributed by atoms with Crippen LogP contribution in [0.3, 0.4) is 0 Å². The summed E-state index contributed by atoms with van der Waals surface area (Å²) in [5, 5.41) is 9.40. The Morgan fingerprint density at radius 2 is 2.15 bits per heavy atom. The first-order valence-electron chi connectivity index (χ1n) is 5.92. The zero-order valence-corrected chi connectivity index (χ0v) is 12.3. The van der Waals surface area contributed by atoms with Crippen LogP contribution >= 0.6 is 11.3 Å². The first-order valence-corrected chi connectivity index (χ1v) is 8.51. The van der Waals surface area contributed by atoms with Gasteiger partial charge in [-0.15, -0.1) is 11.3 Å². The highest BCUT2D eigenvalue weighted by atomic mass is 32.2. The molecule has 0 aliphatic heterocycles. The van der Waals surface area contributed by atoms with Gasteiger partial charge in [-0.3, -0.25) is 4.79 Å². The van der Waals surface area contributed by atoms with Gasteiger partial charge in [-0.05, 0) is 23.6 Å². The Kier molecular flexibility index (Phi) is 4.58. The van der Waals surface area contributed by atoms with Gasteiger partial charge in [0.1, 0.15) is 5.69 Å². The summed E-state index contributed by atoms with van der Waals surface area (Å²) >= 11 is 1.61. The predicted octanol–water partition coefficient (Wildman–Crippen LogP) is 0.616. The van der Waals surface area contributed by atoms with E-state index in [9.17, 15) is 13.2 Å². The van der Waals surface area contributed by atoms with E-state index in [1.807, 2.05) is 28.3 Å². The van der Waals surface area contributed by atoms with Crippen molar-refractivity contribution in [3.63, 3.8) is 0 Å². The number of hydrogen-bond acceptors (Lipinski definition) is 4. The van der Waals surface area contributed by atoms with Crippen LogP contribution in [0.25, 0.3) is 0 Å². The lowest BCUT2D eigenvalue weighted by Crippen LogP contribution is -2.32. The Morgan fingerprint density at radius 1 is 1.35 bits per heavy atom. The molecule has 0 saturated heterocycles. The van der Waals surface area contributed by atoms with E-state index in [1.165, 1.54) is 0 Å². The maximum atomic E-state index is 12.0. The summed E-state index contributed by atoms with van der Waals surface area (Å²) < 4.78 is 23.4. The van der Waals surface area contributed by atoms with Gasteiger partial charge >= 0.3 is 0 Å². The Hall–Kier alpha value is -1.64. The molecule has 0 saturated carbocycles. The van der Waals surface area contributed by atoms with Gasteiger partial charge in [0.15, 0.2) is 0 Å². The van der Waals surface area contributed by atoms with Gasteiger partial charge in [0.2, 0.25) is 10.0 Å². The van der Waals surface area contributed by atoms with Gasteiger partial charge in [-0.25, -0.2) is 13.6 Å². The summed E-state index contributed by atoms with van der Waals surface area (Å²) in [6, 6.07) is 7.42. The number of aromatic nitrogens is 1. The van der Waals surface area contributed by atoms with Crippen molar-refractivity contribution in [2.45, 2.75) is 6.54 Å². The van der Waals surface area contributed by atoms with E-state index in [-0.39, 0.29) is 18.2 Å². The monoisotopic (exact) mass is 313 g/mol. The molecule has 2 aromatic rings. The maximum absolute atomic E-state index is 12.0. The van der Waals surface area contributed by atoms with Crippen LogP contribution in [0.1, 0.15) is 15.4 Å². The largest absolute Gasteiger partial charge is 0.350 e. The smallest absolute Gasteiger partial charge is 0.267 e. The Morgan fingerprint density at radius 3 is 2.80 bits per heavy atom. The molecule has 2 heterocycles. The van der Waals surface area contributed by atoms with Crippen molar-refractivity contribution in [2.75, 3.05) is 12.3 Å². The van der Waals surface area contributed by atoms with Gasteiger partial charge in [-0.2, -0.15) is 0 Å². The number of primary sulfonamides is 1. The second-order valence-corrected chi connectivity index (χ2v) is 6.99. The molecule has 0 aliphatic carbocycles. The van der Waals surface area contributed by atoms with E-state index in [4.69, 9.17) is 5.14 Å². The van der Waals surface area contributed by atoms with E-state index in [1.54, 1.807) is 23.5 Å². The molecule has 20 heavy (non-hydrogen) atoms. The van der Waals surface area contributed by atoms with Crippen LogP contribution < -0.4 is 10.5 Å². The van der Waals surface area contributed by atoms with Gasteiger partial charge in [0.25, 0.3) is 5.91 Å². The quantitative estimate of drug-likeness (QED) is 0.818. The first kappa shape index (κ1) is 14.8. The van der Waals surface area contributed by atoms with E-state index in [0.29, 0.717) is 12.2 Å². The minimum Gasteiger partial charge on any atom is -0.350 e. The van der Waals surface area contributed by atoms with E-state index >= 15 is 0 Å². The van der Waals surface area contributed by atoms with Crippen molar-refractivity contribution in [3.8, 4) is 0 Å². The molecule has 0 aliphatic rings. The molecule has 0 fully saturated rings. The Labute approximate surface area is 121 Å². The van der Waals surface area contributed by atoms with E-state index in [0.717, 1.165) is 4.88 Å². The lowest BCUT2D eigenvalue weighted by Gasteiger charge is -2.08. The van der Waals surface area contributed by atoms with Gasteiger partial charge in [-0.1, -0.05) is 6.07 Å². The third-order valence-electron chi connectivity index (χ3n) is 2.64. The standard InChI is InChI=1S/C12H15N3O3S2/c13-20(17,18)8-5-14-12(16)11-4-1-6-15(11)9-10-3-2-7-19-10/h1-4,6-7H,5,8-9H2,(H,14,16)(H2,13,17,18). The predicted molar refractivity (Wildman–Crippen MR) is 78.2 cm³/mol. The first-order chi connectivity index (χ1) is 9.46. The Bertz CT molecular complexity index is 675. The average Bonchev–Trinajstić information content (AvgIpc) is 2.99. The summed E-state index contributed by atoms with van der Waals surface area (Å²) in [6.07, 6.45) is 1.81. The summed E-state index contributed by atoms with van der Waals surface area (Å²) in [4.78, 5) is 13.1. The fourth-order valence-electron chi connectivity index (χ4n) is 1.73. The van der Waals surface area contributed by atoms with E-state index in [2.05, 4.69) is 5.32 Å². The van der Waals surface area contributed by atoms with Crippen LogP contribution in [0.2, 0.25) is 0 Å². The molecule has 8 heteroatoms. The molecule has 2 rings (SSSR count). The lowest BCUT2D eigenvalue weighted by molar-refractivity contribution is 0.0947. The van der Waals surface area contributed by atoms with Crippen molar-refractivity contribution >= 4 is 27.3 Å². The second-order valence-electron chi connectivity index (χ2n) is 4.22. The number of sulfonamides is 1. The average molecular weight is 313 g/mol. The van der Waals surface area contributed by atoms with Crippen LogP contribution in [-0.2, 0) is 16.6 Å². The van der Waals surface area contributed by atoms with Crippen molar-refractivity contribution in [1.29, 1.82) is 0 Å². The number of thiophene rings is 1. The maximum Gasteiger partial charge on any atom is 0.267 e. The molecule has 2 aromatic heterocycles. The van der Waals surface area contributed by atoms with Crippen LogP contribution in [0, 0.1) is 0 Å². The molecular formula is C12H15N3O3S2. The third kappa shape index (κ3) is 4.19. The molecule has 0 bridgehead atoms. The molecular weight excluding hydrogens is 298 g/mol. The van der Waals surface area contributed by atoms with Gasteiger partial charge in [0, 0.05) is 17.6 Å². The molecule has 1 amide bonds. The summed E-state index contributed by atoms with van der Waals surface area (Å²) in [5.41, 5.74) is 0.493. The van der Waals surface area contributed by atoms with Crippen molar-refractivity contribution in [3.05, 3.63) is 46.4 Å². The molecule has 0 radical (unpaired) electrons. The van der Waals surface area contributed by atoms with Crippen LogP contribution in [0.15, 0.2) is 35.8 Å². The number of nitrogens with zero attached hydrogens (tertiary/aromatic N) is 1. The van der Waals surface area contributed by atoms with Gasteiger partial charge < -0.3 is 9.88 Å². The van der Waals surface area contributed by atoms with Crippen LogP contribution in [0.4, 0.5) is 0 Å². The van der Waals surface area contributed by atoms with Gasteiger partial charge in [0.05, 0.1) is 12.3 Å². The highest BCUT2D eigenvalue weighted by Crippen LogP contribution is 2.12. The fraction of sp³-hybridized carbons (Fsp3) is 0.250. The SMILES string of the molecule is NS(=O)(=O)CCNC(=O)c1cccn1Cc1cccs1. The molecule has 0 atom stereocenters. The minimum absolute atomic E-state index is 0.00183. The van der Waals surface area contributed by atoms with E-state index < -0.39 is 10.0 Å². The number of carbonyl (C=O) groups is 1. The van der Waals surface area contributed by atoms with Crippen LogP contribution in [0.5, 0.6) is 0 Å². The molecule has 0 unspecified atom stereocenters. The van der Waals surface area contributed by atoms with Crippen LogP contribution in [-0.4, -0.2) is 31.2 Å². The molecule has 6 nitrogen and oxygen atoms in total. The highest BCUT2D eigenvalue weighted by molar-refractivity contribution is 7.89. The molecule has 0 spiro atoms. The number of nitrogens with one attached hydrogen (secondary N) is 1. The minimum atomic E-state index is -3.56. The molecule has 3 N–H and O–H groups in total. The number of amides is 1. The molecule has 0 aromatic carbocycles. The Balaban J connectivity index is 1.98. The topological polar surface area (TPSA) is 94.2 Å². The zero-order chi connectivity index (χ0) is 14.6. The lowest BCUT2D eigenvalue weighted by atomic mass is 10.4. The summed E-state index contributed by atoms with van der Waals surface area (Å²) in [6.45, 7) is 0.616. The summed E-state index contributed by atoms with van der Waals surface area (Å²) in [7, 11) is -3.56. The normalized spacial score (nSPS) is 11.4. The van der Waals surface area contributed by atoms with Crippen molar-refractivity contribution < 1.29 is 13.2 Å².